The van der Waals surface area contributed by atoms with Crippen LogP contribution in [0.4, 0.5) is 4.79 Å². The number of hydrogen-bond acceptors (Lipinski definition) is 5. The molecule has 2 aromatic rings. The van der Waals surface area contributed by atoms with Crippen molar-refractivity contribution in [3.63, 3.8) is 0 Å². The van der Waals surface area contributed by atoms with E-state index in [0.29, 0.717) is 23.3 Å². The van der Waals surface area contributed by atoms with Gasteiger partial charge >= 0.3 is 6.03 Å². The van der Waals surface area contributed by atoms with Crippen molar-refractivity contribution in [2.45, 2.75) is 12.6 Å². The van der Waals surface area contributed by atoms with E-state index in [9.17, 15) is 14.4 Å². The van der Waals surface area contributed by atoms with Crippen LogP contribution in [-0.4, -0.2) is 40.6 Å². The summed E-state index contributed by atoms with van der Waals surface area (Å²) in [5, 5.41) is 9.51. The van der Waals surface area contributed by atoms with Crippen LogP contribution in [0.15, 0.2) is 22.6 Å². The van der Waals surface area contributed by atoms with Crippen LogP contribution in [0.1, 0.15) is 0 Å². The molecule has 1 aliphatic heterocycles. The van der Waals surface area contributed by atoms with E-state index in [1.165, 1.54) is 22.2 Å². The number of carbonyl (C=O) groups excluding carboxylic acids is 2. The lowest BCUT2D eigenvalue weighted by Gasteiger charge is -2.10. The van der Waals surface area contributed by atoms with Crippen LogP contribution in [0.3, 0.4) is 0 Å². The molecule has 110 valence electrons. The fourth-order valence-corrected chi connectivity index (χ4v) is 2.87. The van der Waals surface area contributed by atoms with E-state index in [2.05, 4.69) is 20.9 Å². The van der Waals surface area contributed by atoms with Crippen molar-refractivity contribution < 1.29 is 9.59 Å². The summed E-state index contributed by atoms with van der Waals surface area (Å²) in [6.07, 6.45) is 1.47. The molecule has 3 amide bonds. The Bertz CT molecular complexity index is 753. The maximum atomic E-state index is 12.1. The maximum absolute atomic E-state index is 12.1. The molecule has 2 aromatic heterocycles. The summed E-state index contributed by atoms with van der Waals surface area (Å²) in [7, 11) is 0. The summed E-state index contributed by atoms with van der Waals surface area (Å²) in [5.74, 6) is -0.272. The maximum Gasteiger partial charge on any atom is 0.315 e. The first-order valence-corrected chi connectivity index (χ1v) is 7.28. The minimum atomic E-state index is -0.563. The van der Waals surface area contributed by atoms with Gasteiger partial charge in [-0.1, -0.05) is 0 Å². The van der Waals surface area contributed by atoms with E-state index in [-0.39, 0.29) is 24.0 Å². The molecule has 3 N–H and O–H groups in total. The second-order valence-electron chi connectivity index (χ2n) is 4.58. The Balaban J connectivity index is 1.59. The van der Waals surface area contributed by atoms with Gasteiger partial charge in [0.25, 0.3) is 5.56 Å². The lowest BCUT2D eigenvalue weighted by Crippen LogP contribution is -2.44. The van der Waals surface area contributed by atoms with Crippen LogP contribution in [0, 0.1) is 0 Å². The molecule has 1 unspecified atom stereocenters. The van der Waals surface area contributed by atoms with Crippen molar-refractivity contribution in [2.75, 3.05) is 13.1 Å². The molecular weight excluding hydrogens is 294 g/mol. The third-order valence-electron chi connectivity index (χ3n) is 3.18. The van der Waals surface area contributed by atoms with E-state index >= 15 is 0 Å². The highest BCUT2D eigenvalue weighted by Gasteiger charge is 2.26. The summed E-state index contributed by atoms with van der Waals surface area (Å²) in [6, 6.07) is 0.884. The van der Waals surface area contributed by atoms with Crippen molar-refractivity contribution in [1.29, 1.82) is 0 Å². The largest absolute Gasteiger partial charge is 0.352 e. The van der Waals surface area contributed by atoms with E-state index in [4.69, 9.17) is 0 Å². The number of hydrogen-bond donors (Lipinski definition) is 3. The van der Waals surface area contributed by atoms with E-state index < -0.39 is 6.04 Å². The van der Waals surface area contributed by atoms with Crippen molar-refractivity contribution in [1.82, 2.24) is 25.5 Å². The topological polar surface area (TPSA) is 105 Å². The van der Waals surface area contributed by atoms with Gasteiger partial charge in [0.2, 0.25) is 5.91 Å². The molecule has 0 radical (unpaired) electrons. The van der Waals surface area contributed by atoms with Crippen LogP contribution in [0.5, 0.6) is 0 Å². The summed E-state index contributed by atoms with van der Waals surface area (Å²) in [5.41, 5.74) is 0.574. The molecule has 8 nitrogen and oxygen atoms in total. The number of amides is 3. The average molecular weight is 307 g/mol. The van der Waals surface area contributed by atoms with Crippen molar-refractivity contribution >= 4 is 33.5 Å². The Hall–Kier alpha value is -2.42. The van der Waals surface area contributed by atoms with Crippen molar-refractivity contribution in [2.24, 2.45) is 0 Å². The zero-order valence-electron chi connectivity index (χ0n) is 11.0. The average Bonchev–Trinajstić information content (AvgIpc) is 3.10. The Morgan fingerprint density at radius 2 is 2.38 bits per heavy atom. The van der Waals surface area contributed by atoms with Gasteiger partial charge in [0.15, 0.2) is 0 Å². The van der Waals surface area contributed by atoms with Gasteiger partial charge in [0.1, 0.15) is 10.7 Å². The molecule has 0 saturated carbocycles. The molecule has 0 bridgehead atoms. The first-order valence-electron chi connectivity index (χ1n) is 6.40. The number of nitrogens with zero attached hydrogens (tertiary/aromatic N) is 2. The molecule has 1 fully saturated rings. The number of aromatic nitrogens is 2. The van der Waals surface area contributed by atoms with Gasteiger partial charge < -0.3 is 16.0 Å². The zero-order chi connectivity index (χ0) is 14.8. The van der Waals surface area contributed by atoms with Gasteiger partial charge in [0, 0.05) is 19.6 Å². The van der Waals surface area contributed by atoms with E-state index in [1.54, 1.807) is 6.07 Å². The normalized spacial score (nSPS) is 17.5. The molecule has 0 aromatic carbocycles. The van der Waals surface area contributed by atoms with E-state index in [0.717, 1.165) is 0 Å². The van der Waals surface area contributed by atoms with Crippen LogP contribution in [0.2, 0.25) is 0 Å². The molecule has 1 aliphatic rings. The summed E-state index contributed by atoms with van der Waals surface area (Å²) in [6.45, 7) is 0.899. The van der Waals surface area contributed by atoms with Crippen molar-refractivity contribution in [3.8, 4) is 0 Å². The Morgan fingerprint density at radius 3 is 3.14 bits per heavy atom. The number of carbonyl (C=O) groups is 2. The third kappa shape index (κ3) is 2.72. The minimum Gasteiger partial charge on any atom is -0.352 e. The molecule has 1 atom stereocenters. The van der Waals surface area contributed by atoms with Crippen molar-refractivity contribution in [3.05, 3.63) is 28.1 Å². The molecule has 9 heteroatoms. The Morgan fingerprint density at radius 1 is 1.52 bits per heavy atom. The highest BCUT2D eigenvalue weighted by Crippen LogP contribution is 2.12. The minimum absolute atomic E-state index is 0.111. The van der Waals surface area contributed by atoms with Crippen LogP contribution in [0.25, 0.3) is 10.2 Å². The molecule has 21 heavy (non-hydrogen) atoms. The van der Waals surface area contributed by atoms with Gasteiger partial charge in [-0.2, -0.15) is 0 Å². The Labute approximate surface area is 123 Å². The fourth-order valence-electron chi connectivity index (χ4n) is 2.07. The fraction of sp³-hybridized carbons (Fsp3) is 0.333. The van der Waals surface area contributed by atoms with Gasteiger partial charge in [-0.05, 0) is 11.4 Å². The lowest BCUT2D eigenvalue weighted by atomic mass is 10.3. The smallest absolute Gasteiger partial charge is 0.315 e. The predicted molar refractivity (Wildman–Crippen MR) is 77.2 cm³/mol. The molecular formula is C12H13N5O3S. The molecule has 3 heterocycles. The van der Waals surface area contributed by atoms with Crippen LogP contribution in [-0.2, 0) is 11.3 Å². The third-order valence-corrected chi connectivity index (χ3v) is 4.07. The summed E-state index contributed by atoms with van der Waals surface area (Å²) >= 11 is 1.35. The lowest BCUT2D eigenvalue weighted by molar-refractivity contribution is -0.122. The molecule has 0 spiro atoms. The molecule has 3 rings (SSSR count). The van der Waals surface area contributed by atoms with Crippen LogP contribution >= 0.6 is 11.3 Å². The Kier molecular flexibility index (Phi) is 3.57. The number of urea groups is 1. The highest BCUT2D eigenvalue weighted by atomic mass is 32.1. The molecule has 0 aliphatic carbocycles. The first-order chi connectivity index (χ1) is 10.1. The van der Waals surface area contributed by atoms with Gasteiger partial charge in [-0.25, -0.2) is 9.78 Å². The van der Waals surface area contributed by atoms with Crippen LogP contribution < -0.4 is 21.5 Å². The predicted octanol–water partition coefficient (Wildman–Crippen LogP) is -0.744. The summed E-state index contributed by atoms with van der Waals surface area (Å²) in [4.78, 5) is 39.0. The quantitative estimate of drug-likeness (QED) is 0.691. The SMILES string of the molecule is O=C1NCC(C(=O)NCCn2cnc3ccsc3c2=O)N1. The van der Waals surface area contributed by atoms with Gasteiger partial charge in [-0.3, -0.25) is 14.2 Å². The standard InChI is InChI=1S/C12H13N5O3S/c18-10(8-5-14-12(20)16-8)13-2-3-17-6-15-7-1-4-21-9(7)11(17)19/h1,4,6,8H,2-3,5H2,(H,13,18)(H2,14,16,20). The summed E-state index contributed by atoms with van der Waals surface area (Å²) < 4.78 is 2.07. The number of fused-ring (bicyclic) bond motifs is 1. The van der Waals surface area contributed by atoms with E-state index in [1.807, 2.05) is 5.38 Å². The number of nitrogens with one attached hydrogen (secondary N) is 3. The second kappa shape index (κ2) is 5.52. The zero-order valence-corrected chi connectivity index (χ0v) is 11.8. The van der Waals surface area contributed by atoms with Gasteiger partial charge in [0.05, 0.1) is 11.8 Å². The first kappa shape index (κ1) is 13.6. The monoisotopic (exact) mass is 307 g/mol. The molecule has 1 saturated heterocycles. The highest BCUT2D eigenvalue weighted by molar-refractivity contribution is 7.17. The second-order valence-corrected chi connectivity index (χ2v) is 5.49. The van der Waals surface area contributed by atoms with Gasteiger partial charge in [-0.15, -0.1) is 11.3 Å². The number of thiophene rings is 1. The number of rotatable bonds is 4.